The molecule has 2 aromatic heterocycles. The monoisotopic (exact) mass is 414 g/mol. The molecule has 0 atom stereocenters. The van der Waals surface area contributed by atoms with E-state index in [0.29, 0.717) is 25.6 Å². The Kier molecular flexibility index (Phi) is 6.11. The van der Waals surface area contributed by atoms with Gasteiger partial charge in [0.1, 0.15) is 5.82 Å². The molecule has 29 heavy (non-hydrogen) atoms. The number of nitro groups is 1. The Labute approximate surface area is 172 Å². The second-order valence-corrected chi connectivity index (χ2v) is 7.67. The normalized spacial score (nSPS) is 14.3. The number of ether oxygens (including phenoxy) is 1. The van der Waals surface area contributed by atoms with E-state index in [-0.39, 0.29) is 5.69 Å². The molecule has 1 aromatic carbocycles. The van der Waals surface area contributed by atoms with E-state index in [2.05, 4.69) is 25.2 Å². The number of anilines is 2. The van der Waals surface area contributed by atoms with Crippen molar-refractivity contribution < 1.29 is 9.66 Å². The molecule has 0 saturated carbocycles. The van der Waals surface area contributed by atoms with Gasteiger partial charge in [0.15, 0.2) is 5.16 Å². The minimum atomic E-state index is -0.401. The zero-order valence-corrected chi connectivity index (χ0v) is 16.7. The number of thioether (sulfide) groups is 1. The molecule has 10 heteroatoms. The van der Waals surface area contributed by atoms with Gasteiger partial charge in [0, 0.05) is 31.5 Å². The number of rotatable bonds is 8. The lowest BCUT2D eigenvalue weighted by Crippen LogP contribution is -2.36. The number of pyridine rings is 1. The molecule has 1 fully saturated rings. The average molecular weight is 414 g/mol. The van der Waals surface area contributed by atoms with Crippen LogP contribution >= 0.6 is 11.8 Å². The maximum absolute atomic E-state index is 11.3. The molecule has 0 bridgehead atoms. The van der Waals surface area contributed by atoms with Crippen molar-refractivity contribution in [1.82, 2.24) is 15.0 Å². The van der Waals surface area contributed by atoms with Crippen LogP contribution in [0.15, 0.2) is 41.6 Å². The highest BCUT2D eigenvalue weighted by Crippen LogP contribution is 2.26. The van der Waals surface area contributed by atoms with Crippen molar-refractivity contribution >= 4 is 40.1 Å². The second-order valence-electron chi connectivity index (χ2n) is 6.58. The highest BCUT2D eigenvalue weighted by molar-refractivity contribution is 7.99. The van der Waals surface area contributed by atoms with Gasteiger partial charge in [-0.25, -0.2) is 9.97 Å². The quantitative estimate of drug-likeness (QED) is 0.250. The van der Waals surface area contributed by atoms with Crippen molar-refractivity contribution in [3.8, 4) is 0 Å². The summed E-state index contributed by atoms with van der Waals surface area (Å²) in [6, 6.07) is 11.1. The number of para-hydroxylation sites is 2. The van der Waals surface area contributed by atoms with E-state index in [0.717, 1.165) is 47.3 Å². The molecule has 1 saturated heterocycles. The van der Waals surface area contributed by atoms with Crippen molar-refractivity contribution in [3.05, 3.63) is 46.5 Å². The molecule has 3 aromatic rings. The lowest BCUT2D eigenvalue weighted by molar-refractivity contribution is -0.384. The summed E-state index contributed by atoms with van der Waals surface area (Å²) >= 11 is 1.63. The van der Waals surface area contributed by atoms with Crippen LogP contribution in [-0.4, -0.2) is 58.5 Å². The van der Waals surface area contributed by atoms with Crippen LogP contribution in [0.3, 0.4) is 0 Å². The lowest BCUT2D eigenvalue weighted by atomic mass is 10.3. The zero-order chi connectivity index (χ0) is 20.1. The molecule has 9 nitrogen and oxygen atoms in total. The number of nitrogens with one attached hydrogen (secondary N) is 2. The molecule has 3 heterocycles. The van der Waals surface area contributed by atoms with E-state index in [4.69, 9.17) is 4.74 Å². The summed E-state index contributed by atoms with van der Waals surface area (Å²) < 4.78 is 5.36. The van der Waals surface area contributed by atoms with Gasteiger partial charge >= 0.3 is 5.69 Å². The lowest BCUT2D eigenvalue weighted by Gasteiger charge is -2.28. The Balaban J connectivity index is 1.33. The summed E-state index contributed by atoms with van der Waals surface area (Å²) in [4.78, 5) is 25.3. The number of H-pyrrole nitrogens is 1. The number of imidazole rings is 1. The number of hydrogen-bond donors (Lipinski definition) is 2. The minimum absolute atomic E-state index is 0.00746. The first-order chi connectivity index (χ1) is 14.2. The van der Waals surface area contributed by atoms with E-state index in [9.17, 15) is 10.1 Å². The van der Waals surface area contributed by atoms with Gasteiger partial charge < -0.3 is 19.9 Å². The molecule has 2 N–H and O–H groups in total. The Morgan fingerprint density at radius 2 is 2.03 bits per heavy atom. The second kappa shape index (κ2) is 9.10. The van der Waals surface area contributed by atoms with Crippen molar-refractivity contribution in [1.29, 1.82) is 0 Å². The van der Waals surface area contributed by atoms with Crippen LogP contribution < -0.4 is 10.2 Å². The first kappa shape index (κ1) is 19.5. The third-order valence-electron chi connectivity index (χ3n) is 4.61. The van der Waals surface area contributed by atoms with Crippen molar-refractivity contribution in [2.24, 2.45) is 0 Å². The van der Waals surface area contributed by atoms with Gasteiger partial charge in [-0.3, -0.25) is 10.1 Å². The molecule has 152 valence electrons. The Bertz CT molecular complexity index is 956. The molecule has 0 unspecified atom stereocenters. The van der Waals surface area contributed by atoms with E-state index in [1.807, 2.05) is 24.3 Å². The van der Waals surface area contributed by atoms with Crippen molar-refractivity contribution in [3.63, 3.8) is 0 Å². The van der Waals surface area contributed by atoms with Crippen LogP contribution in [0.5, 0.6) is 0 Å². The summed E-state index contributed by atoms with van der Waals surface area (Å²) in [5.41, 5.74) is 1.97. The third-order valence-corrected chi connectivity index (χ3v) is 5.57. The van der Waals surface area contributed by atoms with Gasteiger partial charge in [-0.15, -0.1) is 0 Å². The molecule has 0 spiro atoms. The predicted octanol–water partition coefficient (Wildman–Crippen LogP) is 3.30. The minimum Gasteiger partial charge on any atom is -0.378 e. The predicted molar refractivity (Wildman–Crippen MR) is 114 cm³/mol. The van der Waals surface area contributed by atoms with Gasteiger partial charge in [0.2, 0.25) is 5.82 Å². The average Bonchev–Trinajstić information content (AvgIpc) is 3.17. The summed E-state index contributed by atoms with van der Waals surface area (Å²) in [5, 5.41) is 15.4. The fourth-order valence-corrected chi connectivity index (χ4v) is 3.96. The van der Waals surface area contributed by atoms with Crippen LogP contribution in [0.1, 0.15) is 6.42 Å². The largest absolute Gasteiger partial charge is 0.378 e. The number of morpholine rings is 1. The molecular formula is C19H22N6O3S. The number of aromatic amines is 1. The number of nitrogens with zero attached hydrogens (tertiary/aromatic N) is 4. The fourth-order valence-electron chi connectivity index (χ4n) is 3.13. The van der Waals surface area contributed by atoms with Gasteiger partial charge in [0.25, 0.3) is 0 Å². The topological polar surface area (TPSA) is 109 Å². The molecule has 1 aliphatic rings. The van der Waals surface area contributed by atoms with Crippen molar-refractivity contribution in [2.45, 2.75) is 11.6 Å². The smallest absolute Gasteiger partial charge is 0.311 e. The zero-order valence-electron chi connectivity index (χ0n) is 15.8. The molecule has 0 radical (unpaired) electrons. The summed E-state index contributed by atoms with van der Waals surface area (Å²) in [5.74, 6) is 1.88. The SMILES string of the molecule is O=[N+]([O-])c1ccc(N2CCOCC2)nc1NCCCSc1nc2ccccc2[nH]1. The molecule has 1 aliphatic heterocycles. The summed E-state index contributed by atoms with van der Waals surface area (Å²) in [6.45, 7) is 3.34. The number of benzene rings is 1. The van der Waals surface area contributed by atoms with E-state index < -0.39 is 4.92 Å². The Morgan fingerprint density at radius 1 is 1.21 bits per heavy atom. The highest BCUT2D eigenvalue weighted by atomic mass is 32.2. The molecule has 0 amide bonds. The summed E-state index contributed by atoms with van der Waals surface area (Å²) in [7, 11) is 0. The van der Waals surface area contributed by atoms with E-state index in [1.54, 1.807) is 17.8 Å². The van der Waals surface area contributed by atoms with Crippen LogP contribution in [0.2, 0.25) is 0 Å². The van der Waals surface area contributed by atoms with Crippen molar-refractivity contribution in [2.75, 3.05) is 48.8 Å². The van der Waals surface area contributed by atoms with E-state index >= 15 is 0 Å². The number of fused-ring (bicyclic) bond motifs is 1. The first-order valence-corrected chi connectivity index (χ1v) is 10.5. The van der Waals surface area contributed by atoms with Crippen LogP contribution in [0.25, 0.3) is 11.0 Å². The standard InChI is InChI=1S/C19H22N6O3S/c26-25(27)16-6-7-17(24-9-11-28-12-10-24)23-18(16)20-8-3-13-29-19-21-14-4-1-2-5-15(14)22-19/h1-2,4-7H,3,8-13H2,(H,20,23)(H,21,22). The van der Waals surface area contributed by atoms with E-state index in [1.165, 1.54) is 6.07 Å². The third kappa shape index (κ3) is 4.77. The van der Waals surface area contributed by atoms with Crippen LogP contribution in [-0.2, 0) is 4.74 Å². The van der Waals surface area contributed by atoms with Crippen LogP contribution in [0, 0.1) is 10.1 Å². The van der Waals surface area contributed by atoms with Gasteiger partial charge in [-0.2, -0.15) is 0 Å². The highest BCUT2D eigenvalue weighted by Gasteiger charge is 2.19. The van der Waals surface area contributed by atoms with Gasteiger partial charge in [-0.05, 0) is 24.6 Å². The first-order valence-electron chi connectivity index (χ1n) is 9.50. The van der Waals surface area contributed by atoms with Crippen LogP contribution in [0.4, 0.5) is 17.3 Å². The summed E-state index contributed by atoms with van der Waals surface area (Å²) in [6.07, 6.45) is 0.822. The maximum atomic E-state index is 11.3. The fraction of sp³-hybridized carbons (Fsp3) is 0.368. The number of hydrogen-bond acceptors (Lipinski definition) is 8. The van der Waals surface area contributed by atoms with Gasteiger partial charge in [0.05, 0.1) is 29.2 Å². The number of aromatic nitrogens is 3. The Morgan fingerprint density at radius 3 is 2.83 bits per heavy atom. The van der Waals surface area contributed by atoms with Gasteiger partial charge in [-0.1, -0.05) is 23.9 Å². The maximum Gasteiger partial charge on any atom is 0.311 e. The molecular weight excluding hydrogens is 392 g/mol. The Hall–Kier alpha value is -2.85. The molecule has 4 rings (SSSR count). The molecule has 0 aliphatic carbocycles.